The van der Waals surface area contributed by atoms with Crippen LogP contribution in [0.2, 0.25) is 0 Å². The Morgan fingerprint density at radius 3 is 2.77 bits per heavy atom. The summed E-state index contributed by atoms with van der Waals surface area (Å²) in [5.41, 5.74) is 0.549. The molecule has 0 spiro atoms. The van der Waals surface area contributed by atoms with Crippen molar-refractivity contribution in [2.45, 2.75) is 20.4 Å². The number of hydrogen-bond acceptors (Lipinski definition) is 4. The third-order valence-corrected chi connectivity index (χ3v) is 2.88. The van der Waals surface area contributed by atoms with Crippen LogP contribution in [-0.2, 0) is 11.3 Å². The Bertz CT molecular complexity index is 668. The Balaban J connectivity index is 1.88. The van der Waals surface area contributed by atoms with Gasteiger partial charge in [0.15, 0.2) is 6.61 Å². The third kappa shape index (κ3) is 4.35. The van der Waals surface area contributed by atoms with Gasteiger partial charge in [-0.05, 0) is 30.2 Å². The van der Waals surface area contributed by atoms with E-state index in [1.54, 1.807) is 30.5 Å². The van der Waals surface area contributed by atoms with Crippen molar-refractivity contribution in [2.24, 2.45) is 5.92 Å². The van der Waals surface area contributed by atoms with Crippen LogP contribution in [0.1, 0.15) is 19.4 Å². The molecule has 0 aliphatic rings. The van der Waals surface area contributed by atoms with Gasteiger partial charge in [0.25, 0.3) is 5.91 Å². The van der Waals surface area contributed by atoms with Crippen molar-refractivity contribution < 1.29 is 9.53 Å². The fourth-order valence-corrected chi connectivity index (χ4v) is 1.91. The Morgan fingerprint density at radius 2 is 2.14 bits per heavy atom. The van der Waals surface area contributed by atoms with Gasteiger partial charge < -0.3 is 9.30 Å². The number of nitrogens with one attached hydrogen (secondary N) is 1. The number of ether oxygens (including phenoxy) is 1. The predicted molar refractivity (Wildman–Crippen MR) is 82.3 cm³/mol. The van der Waals surface area contributed by atoms with Gasteiger partial charge in [0.2, 0.25) is 5.95 Å². The molecule has 22 heavy (non-hydrogen) atoms. The lowest BCUT2D eigenvalue weighted by molar-refractivity contribution is -0.118. The number of aromatic nitrogens is 2. The van der Waals surface area contributed by atoms with Crippen molar-refractivity contribution in [1.82, 2.24) is 9.55 Å². The lowest BCUT2D eigenvalue weighted by Crippen LogP contribution is -2.22. The molecule has 0 fully saturated rings. The van der Waals surface area contributed by atoms with E-state index in [1.165, 1.54) is 0 Å². The fraction of sp³-hybridized carbons (Fsp3) is 0.312. The molecule has 0 aliphatic carbocycles. The Hall–Kier alpha value is -2.81. The van der Waals surface area contributed by atoms with Crippen LogP contribution in [0.15, 0.2) is 36.7 Å². The standard InChI is InChI=1S/C16H18N4O2/c1-12(2)10-20-8-7-18-16(20)19-15(21)11-22-14-5-3-13(9-17)4-6-14/h3-8,12H,10-11H2,1-2H3,(H,18,19,21). The monoisotopic (exact) mass is 298 g/mol. The minimum absolute atomic E-state index is 0.111. The molecule has 0 aliphatic heterocycles. The number of nitriles is 1. The van der Waals surface area contributed by atoms with E-state index >= 15 is 0 Å². The molecule has 2 aromatic rings. The smallest absolute Gasteiger partial charge is 0.264 e. The summed E-state index contributed by atoms with van der Waals surface area (Å²) in [4.78, 5) is 16.0. The van der Waals surface area contributed by atoms with Crippen LogP contribution in [0.4, 0.5) is 5.95 Å². The van der Waals surface area contributed by atoms with Crippen LogP contribution >= 0.6 is 0 Å². The average Bonchev–Trinajstić information content (AvgIpc) is 2.92. The highest BCUT2D eigenvalue weighted by Gasteiger charge is 2.09. The first kappa shape index (κ1) is 15.6. The van der Waals surface area contributed by atoms with E-state index in [2.05, 4.69) is 24.1 Å². The van der Waals surface area contributed by atoms with Crippen LogP contribution in [0, 0.1) is 17.2 Å². The first-order valence-electron chi connectivity index (χ1n) is 7.02. The minimum Gasteiger partial charge on any atom is -0.484 e. The normalized spacial score (nSPS) is 10.3. The van der Waals surface area contributed by atoms with Gasteiger partial charge in [-0.25, -0.2) is 4.98 Å². The van der Waals surface area contributed by atoms with Crippen LogP contribution in [0.3, 0.4) is 0 Å². The molecular formula is C16H18N4O2. The average molecular weight is 298 g/mol. The summed E-state index contributed by atoms with van der Waals surface area (Å²) in [6, 6.07) is 8.62. The van der Waals surface area contributed by atoms with E-state index in [1.807, 2.05) is 16.8 Å². The number of hydrogen-bond donors (Lipinski definition) is 1. The van der Waals surface area contributed by atoms with E-state index in [-0.39, 0.29) is 12.5 Å². The molecule has 1 aromatic carbocycles. The molecule has 2 rings (SSSR count). The molecule has 1 N–H and O–H groups in total. The molecule has 0 saturated heterocycles. The first-order chi connectivity index (χ1) is 10.6. The van der Waals surface area contributed by atoms with Gasteiger partial charge >= 0.3 is 0 Å². The maximum absolute atomic E-state index is 11.9. The second kappa shape index (κ2) is 7.27. The van der Waals surface area contributed by atoms with Gasteiger partial charge in [-0.3, -0.25) is 10.1 Å². The minimum atomic E-state index is -0.277. The molecule has 1 aromatic heterocycles. The molecule has 0 bridgehead atoms. The molecule has 6 heteroatoms. The summed E-state index contributed by atoms with van der Waals surface area (Å²) in [5, 5.41) is 11.4. The molecular weight excluding hydrogens is 280 g/mol. The molecule has 0 radical (unpaired) electrons. The van der Waals surface area contributed by atoms with Crippen LogP contribution in [0.25, 0.3) is 0 Å². The molecule has 0 atom stereocenters. The summed E-state index contributed by atoms with van der Waals surface area (Å²) in [5.74, 6) is 1.24. The highest BCUT2D eigenvalue weighted by molar-refractivity contribution is 5.90. The number of rotatable bonds is 6. The molecule has 6 nitrogen and oxygen atoms in total. The number of amides is 1. The number of nitrogens with zero attached hydrogens (tertiary/aromatic N) is 3. The largest absolute Gasteiger partial charge is 0.484 e. The SMILES string of the molecule is CC(C)Cn1ccnc1NC(=O)COc1ccc(C#N)cc1. The zero-order valence-corrected chi connectivity index (χ0v) is 12.6. The maximum atomic E-state index is 11.9. The highest BCUT2D eigenvalue weighted by Crippen LogP contribution is 2.12. The Morgan fingerprint density at radius 1 is 1.41 bits per heavy atom. The molecule has 1 amide bonds. The zero-order valence-electron chi connectivity index (χ0n) is 12.6. The summed E-state index contributed by atoms with van der Waals surface area (Å²) < 4.78 is 7.27. The van der Waals surface area contributed by atoms with Crippen LogP contribution in [-0.4, -0.2) is 22.1 Å². The number of benzene rings is 1. The maximum Gasteiger partial charge on any atom is 0.264 e. The van der Waals surface area contributed by atoms with E-state index in [4.69, 9.17) is 10.00 Å². The quantitative estimate of drug-likeness (QED) is 0.888. The van der Waals surface area contributed by atoms with Crippen molar-refractivity contribution in [3.63, 3.8) is 0 Å². The lowest BCUT2D eigenvalue weighted by Gasteiger charge is -2.11. The van der Waals surface area contributed by atoms with Crippen molar-refractivity contribution in [2.75, 3.05) is 11.9 Å². The van der Waals surface area contributed by atoms with Crippen LogP contribution in [0.5, 0.6) is 5.75 Å². The summed E-state index contributed by atoms with van der Waals surface area (Å²) in [7, 11) is 0. The van der Waals surface area contributed by atoms with Gasteiger partial charge in [-0.2, -0.15) is 5.26 Å². The number of carbonyl (C=O) groups is 1. The summed E-state index contributed by atoms with van der Waals surface area (Å²) in [6.07, 6.45) is 3.48. The van der Waals surface area contributed by atoms with Gasteiger partial charge in [0.1, 0.15) is 5.75 Å². The molecule has 114 valence electrons. The zero-order chi connectivity index (χ0) is 15.9. The van der Waals surface area contributed by atoms with Gasteiger partial charge in [-0.15, -0.1) is 0 Å². The summed E-state index contributed by atoms with van der Waals surface area (Å²) >= 11 is 0. The van der Waals surface area contributed by atoms with E-state index < -0.39 is 0 Å². The number of anilines is 1. The Labute approximate surface area is 129 Å². The van der Waals surface area contributed by atoms with Crippen molar-refractivity contribution in [3.8, 4) is 11.8 Å². The second-order valence-corrected chi connectivity index (χ2v) is 5.27. The van der Waals surface area contributed by atoms with Gasteiger partial charge in [0, 0.05) is 18.9 Å². The predicted octanol–water partition coefficient (Wildman–Crippen LogP) is 2.43. The number of carbonyl (C=O) groups excluding carboxylic acids is 1. The van der Waals surface area contributed by atoms with Crippen LogP contribution < -0.4 is 10.1 Å². The molecule has 0 saturated carbocycles. The first-order valence-corrected chi connectivity index (χ1v) is 7.02. The Kier molecular flexibility index (Phi) is 5.15. The van der Waals surface area contributed by atoms with Crippen molar-refractivity contribution in [3.05, 3.63) is 42.2 Å². The van der Waals surface area contributed by atoms with Gasteiger partial charge in [0.05, 0.1) is 11.6 Å². The molecule has 0 unspecified atom stereocenters. The summed E-state index contributed by atoms with van der Waals surface area (Å²) in [6.45, 7) is 4.87. The van der Waals surface area contributed by atoms with Gasteiger partial charge in [-0.1, -0.05) is 13.8 Å². The fourth-order valence-electron chi connectivity index (χ4n) is 1.91. The van der Waals surface area contributed by atoms with Crippen molar-refractivity contribution in [1.29, 1.82) is 5.26 Å². The second-order valence-electron chi connectivity index (χ2n) is 5.27. The van der Waals surface area contributed by atoms with Crippen molar-refractivity contribution >= 4 is 11.9 Å². The third-order valence-electron chi connectivity index (χ3n) is 2.88. The molecule has 1 heterocycles. The number of imidazole rings is 1. The van der Waals surface area contributed by atoms with E-state index in [0.717, 1.165) is 6.54 Å². The van der Waals surface area contributed by atoms with E-state index in [0.29, 0.717) is 23.2 Å². The highest BCUT2D eigenvalue weighted by atomic mass is 16.5. The van der Waals surface area contributed by atoms with E-state index in [9.17, 15) is 4.79 Å². The topological polar surface area (TPSA) is 79.9 Å². The lowest BCUT2D eigenvalue weighted by atomic mass is 10.2.